The number of thiazole rings is 1. The molecule has 1 fully saturated rings. The lowest BCUT2D eigenvalue weighted by Gasteiger charge is -2.32. The maximum absolute atomic E-state index is 14.0. The van der Waals surface area contributed by atoms with Crippen LogP contribution in [0.1, 0.15) is 35.3 Å². The number of fused-ring (bicyclic) bond motifs is 1. The molecular weight excluding hydrogens is 664 g/mol. The molecule has 10 nitrogen and oxygen atoms in total. The molecule has 4 aromatic rings. The van der Waals surface area contributed by atoms with E-state index in [1.165, 1.54) is 41.7 Å². The van der Waals surface area contributed by atoms with Crippen molar-refractivity contribution in [2.45, 2.75) is 29.9 Å². The molecule has 228 valence electrons. The summed E-state index contributed by atoms with van der Waals surface area (Å²) in [7, 11) is -4.02. The lowest BCUT2D eigenvalue weighted by Crippen LogP contribution is -2.39. The van der Waals surface area contributed by atoms with Crippen LogP contribution in [0.15, 0.2) is 81.9 Å². The van der Waals surface area contributed by atoms with Gasteiger partial charge in [-0.2, -0.15) is 23.5 Å². The number of amidine groups is 1. The summed E-state index contributed by atoms with van der Waals surface area (Å²) in [5.41, 5.74) is 1.67. The van der Waals surface area contributed by atoms with Gasteiger partial charge in [-0.05, 0) is 30.3 Å². The predicted octanol–water partition coefficient (Wildman–Crippen LogP) is 5.56. The van der Waals surface area contributed by atoms with Crippen LogP contribution in [0.5, 0.6) is 0 Å². The standard InChI is InChI=1S/C26H19Cl2F3N6O2S2.CO2/c27-17-3-1-2-4-21(17)41(38,39)35-15-12-20-22(19-7-9-37(34-19)26(30)31)23(16-6-5-14(29)11-18(16)28)33-24(36(20)13-15)25-32-8-10-40-25;2-1-3/h1-11,15,23,26,35H,12-13H2;/t15-,23-;/m0./s1. The number of alkyl halides is 2. The number of halogens is 5. The summed E-state index contributed by atoms with van der Waals surface area (Å²) < 4.78 is 70.9. The van der Waals surface area contributed by atoms with Crippen molar-refractivity contribution in [2.75, 3.05) is 6.54 Å². The van der Waals surface area contributed by atoms with E-state index < -0.39 is 34.5 Å². The van der Waals surface area contributed by atoms with E-state index >= 15 is 0 Å². The second-order valence-corrected chi connectivity index (χ2v) is 12.7. The van der Waals surface area contributed by atoms with E-state index in [-0.39, 0.29) is 39.8 Å². The van der Waals surface area contributed by atoms with E-state index in [0.29, 0.717) is 32.4 Å². The summed E-state index contributed by atoms with van der Waals surface area (Å²) >= 11 is 14.0. The molecular formula is C27H19Cl2F3N6O4S2. The second-order valence-electron chi connectivity index (χ2n) is 9.32. The van der Waals surface area contributed by atoms with Gasteiger partial charge in [-0.15, -0.1) is 11.3 Å². The lowest BCUT2D eigenvalue weighted by atomic mass is 9.92. The Morgan fingerprint density at radius 1 is 1.09 bits per heavy atom. The maximum atomic E-state index is 14.0. The topological polar surface area (TPSA) is 127 Å². The Balaban J connectivity index is 0.00000123. The largest absolute Gasteiger partial charge is 0.373 e. The Kier molecular flexibility index (Phi) is 9.34. The molecule has 0 unspecified atom stereocenters. The summed E-state index contributed by atoms with van der Waals surface area (Å²) in [5.74, 6) is -0.108. The van der Waals surface area contributed by atoms with Gasteiger partial charge < -0.3 is 4.90 Å². The fraction of sp³-hybridized carbons (Fsp3) is 0.185. The Morgan fingerprint density at radius 3 is 2.48 bits per heavy atom. The molecule has 2 aromatic heterocycles. The number of rotatable bonds is 7. The molecule has 0 aliphatic carbocycles. The molecule has 2 aliphatic heterocycles. The molecule has 6 rings (SSSR count). The van der Waals surface area contributed by atoms with Crippen LogP contribution in [-0.2, 0) is 19.6 Å². The zero-order valence-electron chi connectivity index (χ0n) is 22.1. The van der Waals surface area contributed by atoms with Gasteiger partial charge in [0.15, 0.2) is 10.8 Å². The highest BCUT2D eigenvalue weighted by Gasteiger charge is 2.42. The van der Waals surface area contributed by atoms with Gasteiger partial charge in [0.05, 0.1) is 10.7 Å². The highest BCUT2D eigenvalue weighted by Crippen LogP contribution is 2.46. The van der Waals surface area contributed by atoms with Gasteiger partial charge in [0.1, 0.15) is 16.8 Å². The number of nitrogens with zero attached hydrogens (tertiary/aromatic N) is 5. The summed E-state index contributed by atoms with van der Waals surface area (Å²) in [5, 5.41) is 6.58. The summed E-state index contributed by atoms with van der Waals surface area (Å²) in [6.45, 7) is -2.71. The van der Waals surface area contributed by atoms with E-state index in [1.807, 2.05) is 4.90 Å². The van der Waals surface area contributed by atoms with Gasteiger partial charge in [0.25, 0.3) is 0 Å². The van der Waals surface area contributed by atoms with Crippen LogP contribution in [-0.4, -0.2) is 52.7 Å². The van der Waals surface area contributed by atoms with E-state index in [4.69, 9.17) is 37.8 Å². The first-order valence-electron chi connectivity index (χ1n) is 12.6. The van der Waals surface area contributed by atoms with Crippen molar-refractivity contribution in [1.82, 2.24) is 24.4 Å². The zero-order valence-corrected chi connectivity index (χ0v) is 25.2. The Morgan fingerprint density at radius 2 is 1.84 bits per heavy atom. The third-order valence-electron chi connectivity index (χ3n) is 6.67. The quantitative estimate of drug-likeness (QED) is 0.270. The van der Waals surface area contributed by atoms with Crippen LogP contribution in [0, 0.1) is 5.82 Å². The van der Waals surface area contributed by atoms with E-state index in [2.05, 4.69) is 14.8 Å². The number of hydrogen-bond donors (Lipinski definition) is 1. The summed E-state index contributed by atoms with van der Waals surface area (Å²) in [6.07, 6.45) is 3.17. The second kappa shape index (κ2) is 13.0. The molecule has 0 radical (unpaired) electrons. The molecule has 44 heavy (non-hydrogen) atoms. The van der Waals surface area contributed by atoms with Crippen LogP contribution in [0.4, 0.5) is 13.2 Å². The van der Waals surface area contributed by atoms with Gasteiger partial charge in [-0.3, -0.25) is 4.99 Å². The van der Waals surface area contributed by atoms with Crippen molar-refractivity contribution >= 4 is 62.1 Å². The summed E-state index contributed by atoms with van der Waals surface area (Å²) in [4.78, 5) is 27.3. The lowest BCUT2D eigenvalue weighted by molar-refractivity contribution is -0.191. The number of aliphatic imine (C=N–C) groups is 1. The van der Waals surface area contributed by atoms with Crippen LogP contribution in [0.2, 0.25) is 10.0 Å². The van der Waals surface area contributed by atoms with Crippen LogP contribution >= 0.6 is 34.5 Å². The highest BCUT2D eigenvalue weighted by atomic mass is 35.5. The number of nitrogens with one attached hydrogen (secondary N) is 1. The normalized spacial score (nSPS) is 18.0. The van der Waals surface area contributed by atoms with Crippen LogP contribution < -0.4 is 4.72 Å². The molecule has 4 heterocycles. The first-order valence-corrected chi connectivity index (χ1v) is 15.7. The van der Waals surface area contributed by atoms with Crippen molar-refractivity contribution in [1.29, 1.82) is 0 Å². The fourth-order valence-electron chi connectivity index (χ4n) is 4.98. The van der Waals surface area contributed by atoms with Gasteiger partial charge in [-0.25, -0.2) is 27.2 Å². The monoisotopic (exact) mass is 682 g/mol. The molecule has 0 bridgehead atoms. The minimum absolute atomic E-state index is 0.0683. The first-order chi connectivity index (χ1) is 21.0. The number of benzene rings is 2. The fourth-order valence-corrected chi connectivity index (χ4v) is 7.64. The highest BCUT2D eigenvalue weighted by molar-refractivity contribution is 7.89. The smallest absolute Gasteiger partial charge is 0.326 e. The van der Waals surface area contributed by atoms with Crippen molar-refractivity contribution < 1.29 is 31.2 Å². The van der Waals surface area contributed by atoms with Crippen molar-refractivity contribution in [2.24, 2.45) is 4.99 Å². The van der Waals surface area contributed by atoms with Gasteiger partial charge in [0, 0.05) is 58.6 Å². The Bertz CT molecular complexity index is 1890. The summed E-state index contributed by atoms with van der Waals surface area (Å²) in [6, 6.07) is 9.88. The minimum atomic E-state index is -4.02. The first kappa shape index (κ1) is 31.6. The number of carbonyl (C=O) groups excluding carboxylic acids is 2. The molecule has 0 amide bonds. The van der Waals surface area contributed by atoms with Gasteiger partial charge >= 0.3 is 12.7 Å². The number of hydrogen-bond acceptors (Lipinski definition) is 9. The zero-order chi connectivity index (χ0) is 31.6. The van der Waals surface area contributed by atoms with Crippen molar-refractivity contribution in [3.05, 3.63) is 104 Å². The molecule has 2 atom stereocenters. The van der Waals surface area contributed by atoms with Crippen molar-refractivity contribution in [3.63, 3.8) is 0 Å². The van der Waals surface area contributed by atoms with E-state index in [9.17, 15) is 21.6 Å². The Hall–Kier alpha value is -3.85. The van der Waals surface area contributed by atoms with Crippen LogP contribution in [0.25, 0.3) is 5.57 Å². The molecule has 2 aliphatic rings. The average Bonchev–Trinajstić information content (AvgIpc) is 3.74. The molecule has 1 saturated heterocycles. The van der Waals surface area contributed by atoms with E-state index in [0.717, 1.165) is 12.3 Å². The molecule has 0 saturated carbocycles. The number of sulfonamides is 1. The predicted molar refractivity (Wildman–Crippen MR) is 155 cm³/mol. The third-order valence-corrected chi connectivity index (χ3v) is 9.79. The van der Waals surface area contributed by atoms with Gasteiger partial charge in [0.2, 0.25) is 10.0 Å². The Labute approximate surface area is 262 Å². The van der Waals surface area contributed by atoms with E-state index in [1.54, 1.807) is 23.7 Å². The third kappa shape index (κ3) is 6.34. The molecule has 0 spiro atoms. The van der Waals surface area contributed by atoms with Gasteiger partial charge in [-0.1, -0.05) is 41.4 Å². The SMILES string of the molecule is O=C=O.O=S(=O)(N[C@H]1CC2=C(c3ccn(C(F)F)n3)[C@H](c3ccc(F)cc3Cl)N=C(c3nccs3)N2C1)c1ccccc1Cl. The van der Waals surface area contributed by atoms with Crippen molar-refractivity contribution in [3.8, 4) is 0 Å². The maximum Gasteiger partial charge on any atom is 0.373 e. The van der Waals surface area contributed by atoms with Crippen LogP contribution in [0.3, 0.4) is 0 Å². The average molecular weight is 684 g/mol. The minimum Gasteiger partial charge on any atom is -0.326 e. The molecule has 2 aromatic carbocycles. The molecule has 1 N–H and O–H groups in total. The number of aromatic nitrogens is 3. The molecule has 17 heteroatoms.